The van der Waals surface area contributed by atoms with E-state index in [4.69, 9.17) is 10.5 Å². The second kappa shape index (κ2) is 6.38. The van der Waals surface area contributed by atoms with Gasteiger partial charge in [0.05, 0.1) is 6.61 Å². The van der Waals surface area contributed by atoms with Gasteiger partial charge in [-0.3, -0.25) is 0 Å². The van der Waals surface area contributed by atoms with Crippen molar-refractivity contribution < 1.29 is 4.74 Å². The Morgan fingerprint density at radius 1 is 1.50 bits per heavy atom. The van der Waals surface area contributed by atoms with Crippen molar-refractivity contribution in [2.75, 3.05) is 26.3 Å². The van der Waals surface area contributed by atoms with E-state index < -0.39 is 0 Å². The van der Waals surface area contributed by atoms with Crippen molar-refractivity contribution in [3.63, 3.8) is 0 Å². The number of nitrogens with one attached hydrogen (secondary N) is 1. The van der Waals surface area contributed by atoms with Gasteiger partial charge in [0.15, 0.2) is 0 Å². The molecule has 3 heteroatoms. The third-order valence-corrected chi connectivity index (χ3v) is 2.98. The van der Waals surface area contributed by atoms with Gasteiger partial charge in [-0.25, -0.2) is 0 Å². The molecule has 3 N–H and O–H groups in total. The molecule has 14 heavy (non-hydrogen) atoms. The van der Waals surface area contributed by atoms with Crippen molar-refractivity contribution in [3.05, 3.63) is 0 Å². The van der Waals surface area contributed by atoms with E-state index in [-0.39, 0.29) is 0 Å². The molecule has 2 unspecified atom stereocenters. The van der Waals surface area contributed by atoms with Crippen molar-refractivity contribution in [2.24, 2.45) is 17.6 Å². The maximum absolute atomic E-state index is 5.70. The second-order valence-electron chi connectivity index (χ2n) is 4.58. The lowest BCUT2D eigenvalue weighted by Gasteiger charge is -2.26. The minimum Gasteiger partial charge on any atom is -0.381 e. The molecule has 0 saturated carbocycles. The molecule has 0 radical (unpaired) electrons. The monoisotopic (exact) mass is 200 g/mol. The Labute approximate surface area is 87.4 Å². The molecule has 1 aliphatic heterocycles. The lowest BCUT2D eigenvalue weighted by molar-refractivity contribution is 0.0533. The molecule has 0 aromatic rings. The Kier molecular flexibility index (Phi) is 5.45. The predicted molar refractivity (Wildman–Crippen MR) is 59.2 cm³/mol. The predicted octanol–water partition coefficient (Wildman–Crippen LogP) is 0.986. The van der Waals surface area contributed by atoms with E-state index in [1.807, 2.05) is 0 Å². The fourth-order valence-electron chi connectivity index (χ4n) is 1.88. The van der Waals surface area contributed by atoms with Crippen molar-refractivity contribution in [3.8, 4) is 0 Å². The Morgan fingerprint density at radius 3 is 2.79 bits per heavy atom. The van der Waals surface area contributed by atoms with Crippen LogP contribution in [0.5, 0.6) is 0 Å². The molecular formula is C11H24N2O. The summed E-state index contributed by atoms with van der Waals surface area (Å²) in [5.74, 6) is 1.31. The third-order valence-electron chi connectivity index (χ3n) is 2.98. The fourth-order valence-corrected chi connectivity index (χ4v) is 1.88. The Hall–Kier alpha value is -0.120. The van der Waals surface area contributed by atoms with E-state index in [1.54, 1.807) is 0 Å². The topological polar surface area (TPSA) is 47.3 Å². The average Bonchev–Trinajstić information content (AvgIpc) is 2.20. The molecule has 1 fully saturated rings. The van der Waals surface area contributed by atoms with Crippen LogP contribution in [-0.2, 0) is 4.74 Å². The molecule has 0 aromatic carbocycles. The van der Waals surface area contributed by atoms with Crippen LogP contribution < -0.4 is 11.1 Å². The Bertz CT molecular complexity index is 144. The zero-order valence-electron chi connectivity index (χ0n) is 9.46. The maximum Gasteiger partial charge on any atom is 0.0506 e. The van der Waals surface area contributed by atoms with Crippen LogP contribution in [0.3, 0.4) is 0 Å². The smallest absolute Gasteiger partial charge is 0.0506 e. The standard InChI is InChI=1S/C11H24N2O/c1-9(2)11(6-12)13-7-10-4-3-5-14-8-10/h9-11,13H,3-8,12H2,1-2H3. The van der Waals surface area contributed by atoms with Crippen molar-refractivity contribution >= 4 is 0 Å². The largest absolute Gasteiger partial charge is 0.381 e. The van der Waals surface area contributed by atoms with Gasteiger partial charge in [-0.2, -0.15) is 0 Å². The van der Waals surface area contributed by atoms with Gasteiger partial charge < -0.3 is 15.8 Å². The molecule has 1 heterocycles. The highest BCUT2D eigenvalue weighted by molar-refractivity contribution is 4.74. The number of rotatable bonds is 5. The van der Waals surface area contributed by atoms with Crippen LogP contribution in [0.25, 0.3) is 0 Å². The molecule has 0 aliphatic carbocycles. The number of ether oxygens (including phenoxy) is 1. The summed E-state index contributed by atoms with van der Waals surface area (Å²) in [6.07, 6.45) is 2.50. The summed E-state index contributed by atoms with van der Waals surface area (Å²) in [5.41, 5.74) is 5.70. The molecule has 3 nitrogen and oxygen atoms in total. The maximum atomic E-state index is 5.70. The first kappa shape index (κ1) is 12.0. The third kappa shape index (κ3) is 3.95. The van der Waals surface area contributed by atoms with E-state index in [1.165, 1.54) is 12.8 Å². The fraction of sp³-hybridized carbons (Fsp3) is 1.00. The molecule has 1 rings (SSSR count). The summed E-state index contributed by atoms with van der Waals surface area (Å²) >= 11 is 0. The first-order valence-electron chi connectivity index (χ1n) is 5.75. The Morgan fingerprint density at radius 2 is 2.29 bits per heavy atom. The zero-order chi connectivity index (χ0) is 10.4. The van der Waals surface area contributed by atoms with Gasteiger partial charge in [-0.15, -0.1) is 0 Å². The first-order chi connectivity index (χ1) is 6.74. The van der Waals surface area contributed by atoms with Gasteiger partial charge in [0, 0.05) is 25.7 Å². The van der Waals surface area contributed by atoms with E-state index in [9.17, 15) is 0 Å². The van der Waals surface area contributed by atoms with E-state index in [2.05, 4.69) is 19.2 Å². The average molecular weight is 200 g/mol. The molecule has 2 atom stereocenters. The molecule has 84 valence electrons. The van der Waals surface area contributed by atoms with E-state index in [0.717, 1.165) is 26.3 Å². The summed E-state index contributed by atoms with van der Waals surface area (Å²) in [5, 5.41) is 3.53. The summed E-state index contributed by atoms with van der Waals surface area (Å²) < 4.78 is 5.44. The van der Waals surface area contributed by atoms with Gasteiger partial charge in [-0.05, 0) is 24.7 Å². The lowest BCUT2D eigenvalue weighted by atomic mass is 10.00. The summed E-state index contributed by atoms with van der Waals surface area (Å²) in [6, 6.07) is 0.455. The van der Waals surface area contributed by atoms with Gasteiger partial charge in [-0.1, -0.05) is 13.8 Å². The summed E-state index contributed by atoms with van der Waals surface area (Å²) in [6.45, 7) is 8.07. The van der Waals surface area contributed by atoms with Gasteiger partial charge in [0.1, 0.15) is 0 Å². The van der Waals surface area contributed by atoms with Crippen LogP contribution in [0.1, 0.15) is 26.7 Å². The molecular weight excluding hydrogens is 176 g/mol. The highest BCUT2D eigenvalue weighted by atomic mass is 16.5. The van der Waals surface area contributed by atoms with Crippen LogP contribution in [0, 0.1) is 11.8 Å². The van der Waals surface area contributed by atoms with E-state index in [0.29, 0.717) is 17.9 Å². The Balaban J connectivity index is 2.16. The molecule has 0 bridgehead atoms. The molecule has 0 aromatic heterocycles. The van der Waals surface area contributed by atoms with Gasteiger partial charge in [0.2, 0.25) is 0 Å². The quantitative estimate of drug-likeness (QED) is 0.695. The van der Waals surface area contributed by atoms with Crippen molar-refractivity contribution in [1.29, 1.82) is 0 Å². The van der Waals surface area contributed by atoms with E-state index >= 15 is 0 Å². The molecule has 0 amide bonds. The van der Waals surface area contributed by atoms with Crippen LogP contribution in [-0.4, -0.2) is 32.3 Å². The first-order valence-corrected chi connectivity index (χ1v) is 5.75. The van der Waals surface area contributed by atoms with Gasteiger partial charge >= 0.3 is 0 Å². The number of hydrogen-bond donors (Lipinski definition) is 2. The lowest BCUT2D eigenvalue weighted by Crippen LogP contribution is -2.43. The van der Waals surface area contributed by atoms with Crippen LogP contribution in [0.2, 0.25) is 0 Å². The minimum absolute atomic E-state index is 0.455. The SMILES string of the molecule is CC(C)C(CN)NCC1CCCOC1. The zero-order valence-corrected chi connectivity index (χ0v) is 9.46. The number of nitrogens with two attached hydrogens (primary N) is 1. The molecule has 1 saturated heterocycles. The van der Waals surface area contributed by atoms with Gasteiger partial charge in [0.25, 0.3) is 0 Å². The summed E-state index contributed by atoms with van der Waals surface area (Å²) in [4.78, 5) is 0. The van der Waals surface area contributed by atoms with Crippen LogP contribution >= 0.6 is 0 Å². The van der Waals surface area contributed by atoms with Crippen molar-refractivity contribution in [2.45, 2.75) is 32.7 Å². The highest BCUT2D eigenvalue weighted by Gasteiger charge is 2.16. The highest BCUT2D eigenvalue weighted by Crippen LogP contribution is 2.12. The minimum atomic E-state index is 0.455. The molecule has 1 aliphatic rings. The second-order valence-corrected chi connectivity index (χ2v) is 4.58. The summed E-state index contributed by atoms with van der Waals surface area (Å²) in [7, 11) is 0. The van der Waals surface area contributed by atoms with Crippen LogP contribution in [0.15, 0.2) is 0 Å². The molecule has 0 spiro atoms. The van der Waals surface area contributed by atoms with Crippen molar-refractivity contribution in [1.82, 2.24) is 5.32 Å². The normalized spacial score (nSPS) is 25.3. The number of hydrogen-bond acceptors (Lipinski definition) is 3. The van der Waals surface area contributed by atoms with Crippen LogP contribution in [0.4, 0.5) is 0 Å².